The van der Waals surface area contributed by atoms with Crippen molar-refractivity contribution in [1.82, 2.24) is 0 Å². The summed E-state index contributed by atoms with van der Waals surface area (Å²) >= 11 is 0. The fourth-order valence-corrected chi connectivity index (χ4v) is 2.84. The average Bonchev–Trinajstić information content (AvgIpc) is 2.74. The summed E-state index contributed by atoms with van der Waals surface area (Å²) in [5.41, 5.74) is 3.57. The Morgan fingerprint density at radius 2 is 2.24 bits per heavy atom. The Hall–Kier alpha value is -1.51. The van der Waals surface area contributed by atoms with Crippen molar-refractivity contribution in [3.05, 3.63) is 28.8 Å². The minimum Gasteiger partial charge on any atom is -0.496 e. The second-order valence-electron chi connectivity index (χ2n) is 4.75. The highest BCUT2D eigenvalue weighted by molar-refractivity contribution is 5.72. The molecule has 2 rings (SSSR count). The van der Waals surface area contributed by atoms with E-state index in [1.54, 1.807) is 14.0 Å². The van der Waals surface area contributed by atoms with Gasteiger partial charge in [0.05, 0.1) is 13.0 Å². The number of fused-ring (bicyclic) bond motifs is 1. The van der Waals surface area contributed by atoms with E-state index >= 15 is 0 Å². The molecule has 0 heterocycles. The predicted molar refractivity (Wildman–Crippen MR) is 65.6 cm³/mol. The molecule has 0 amide bonds. The summed E-state index contributed by atoms with van der Waals surface area (Å²) < 4.78 is 5.35. The van der Waals surface area contributed by atoms with Gasteiger partial charge in [-0.15, -0.1) is 0 Å². The van der Waals surface area contributed by atoms with E-state index in [9.17, 15) is 4.79 Å². The van der Waals surface area contributed by atoms with E-state index in [0.29, 0.717) is 0 Å². The number of carbonyl (C=O) groups is 1. The minimum absolute atomic E-state index is 0.123. The molecule has 0 saturated heterocycles. The number of carboxylic acid groups (broad SMARTS) is 1. The number of aliphatic carboxylic acids is 1. The lowest BCUT2D eigenvalue weighted by molar-refractivity contribution is -0.141. The summed E-state index contributed by atoms with van der Waals surface area (Å²) in [5, 5.41) is 9.15. The van der Waals surface area contributed by atoms with Crippen LogP contribution in [0.3, 0.4) is 0 Å². The zero-order valence-corrected chi connectivity index (χ0v) is 10.5. The van der Waals surface area contributed by atoms with Gasteiger partial charge in [0.25, 0.3) is 0 Å². The van der Waals surface area contributed by atoms with Crippen LogP contribution in [-0.2, 0) is 11.2 Å². The lowest BCUT2D eigenvalue weighted by atomic mass is 9.86. The normalized spacial score (nSPS) is 19.8. The van der Waals surface area contributed by atoms with Crippen molar-refractivity contribution >= 4 is 5.97 Å². The monoisotopic (exact) mass is 234 g/mol. The first-order valence-electron chi connectivity index (χ1n) is 5.95. The van der Waals surface area contributed by atoms with Crippen molar-refractivity contribution in [2.45, 2.75) is 32.6 Å². The summed E-state index contributed by atoms with van der Waals surface area (Å²) in [7, 11) is 1.67. The van der Waals surface area contributed by atoms with Crippen LogP contribution in [0.5, 0.6) is 5.75 Å². The van der Waals surface area contributed by atoms with Crippen LogP contribution in [-0.4, -0.2) is 18.2 Å². The van der Waals surface area contributed by atoms with Gasteiger partial charge < -0.3 is 9.84 Å². The molecule has 0 radical (unpaired) electrons. The molecule has 1 aromatic rings. The standard InChI is InChI=1S/C14H18O3/c1-8-4-7-12(17-3)11-6-5-10(13(8)11)9(2)14(15)16/h4,7,9-10H,5-6H2,1-3H3,(H,15,16). The molecule has 1 N–H and O–H groups in total. The van der Waals surface area contributed by atoms with Gasteiger partial charge in [0.15, 0.2) is 0 Å². The van der Waals surface area contributed by atoms with E-state index in [1.807, 2.05) is 19.1 Å². The number of carboxylic acids is 1. The van der Waals surface area contributed by atoms with Crippen molar-refractivity contribution < 1.29 is 14.6 Å². The third-order valence-electron chi connectivity index (χ3n) is 3.82. The maximum Gasteiger partial charge on any atom is 0.306 e. The molecule has 2 unspecified atom stereocenters. The van der Waals surface area contributed by atoms with Crippen LogP contribution in [0.2, 0.25) is 0 Å². The number of aryl methyl sites for hydroxylation is 1. The Morgan fingerprint density at radius 1 is 1.53 bits per heavy atom. The summed E-state index contributed by atoms with van der Waals surface area (Å²) in [6.07, 6.45) is 1.83. The molecule has 1 aromatic carbocycles. The highest BCUT2D eigenvalue weighted by Gasteiger charge is 2.33. The van der Waals surface area contributed by atoms with Gasteiger partial charge in [0.2, 0.25) is 0 Å². The third-order valence-corrected chi connectivity index (χ3v) is 3.82. The molecule has 0 aromatic heterocycles. The van der Waals surface area contributed by atoms with Crippen LogP contribution in [0.15, 0.2) is 12.1 Å². The topological polar surface area (TPSA) is 46.5 Å². The SMILES string of the molecule is COc1ccc(C)c2c1CCC2C(C)C(=O)O. The zero-order chi connectivity index (χ0) is 12.6. The summed E-state index contributed by atoms with van der Waals surface area (Å²) in [6, 6.07) is 3.99. The first kappa shape index (κ1) is 12.0. The number of methoxy groups -OCH3 is 1. The molecule has 1 aliphatic carbocycles. The quantitative estimate of drug-likeness (QED) is 0.874. The third kappa shape index (κ3) is 1.90. The number of ether oxygens (including phenoxy) is 1. The fourth-order valence-electron chi connectivity index (χ4n) is 2.84. The molecule has 3 nitrogen and oxygen atoms in total. The van der Waals surface area contributed by atoms with Crippen LogP contribution in [0, 0.1) is 12.8 Å². The lowest BCUT2D eigenvalue weighted by Gasteiger charge is -2.19. The van der Waals surface area contributed by atoms with Gasteiger partial charge >= 0.3 is 5.97 Å². The van der Waals surface area contributed by atoms with Crippen molar-refractivity contribution in [3.8, 4) is 5.75 Å². The molecule has 0 spiro atoms. The zero-order valence-electron chi connectivity index (χ0n) is 10.5. The molecule has 0 bridgehead atoms. The van der Waals surface area contributed by atoms with Gasteiger partial charge in [-0.05, 0) is 48.4 Å². The summed E-state index contributed by atoms with van der Waals surface area (Å²) in [4.78, 5) is 11.1. The first-order chi connectivity index (χ1) is 8.06. The molecule has 17 heavy (non-hydrogen) atoms. The van der Waals surface area contributed by atoms with E-state index in [4.69, 9.17) is 9.84 Å². The molecule has 2 atom stereocenters. The Morgan fingerprint density at radius 3 is 2.82 bits per heavy atom. The Bertz CT molecular complexity index is 451. The Labute approximate surface area is 101 Å². The van der Waals surface area contributed by atoms with E-state index in [1.165, 1.54) is 16.7 Å². The predicted octanol–water partition coefficient (Wildman–Crippen LogP) is 2.75. The summed E-state index contributed by atoms with van der Waals surface area (Å²) in [5.74, 6) is -0.0320. The van der Waals surface area contributed by atoms with Crippen LogP contribution in [0.25, 0.3) is 0 Å². The second-order valence-corrected chi connectivity index (χ2v) is 4.75. The van der Waals surface area contributed by atoms with Crippen molar-refractivity contribution in [3.63, 3.8) is 0 Å². The number of benzene rings is 1. The van der Waals surface area contributed by atoms with E-state index < -0.39 is 5.97 Å². The van der Waals surface area contributed by atoms with Gasteiger partial charge in [-0.3, -0.25) is 4.79 Å². The molecule has 0 aliphatic heterocycles. The van der Waals surface area contributed by atoms with Crippen LogP contribution in [0.1, 0.15) is 36.0 Å². The van der Waals surface area contributed by atoms with Crippen LogP contribution >= 0.6 is 0 Å². The molecule has 3 heteroatoms. The maximum atomic E-state index is 11.1. The van der Waals surface area contributed by atoms with Crippen molar-refractivity contribution in [1.29, 1.82) is 0 Å². The largest absolute Gasteiger partial charge is 0.496 e. The van der Waals surface area contributed by atoms with Crippen molar-refractivity contribution in [2.24, 2.45) is 5.92 Å². The van der Waals surface area contributed by atoms with Crippen LogP contribution in [0.4, 0.5) is 0 Å². The van der Waals surface area contributed by atoms with Gasteiger partial charge in [0.1, 0.15) is 5.75 Å². The van der Waals surface area contributed by atoms with E-state index in [2.05, 4.69) is 0 Å². The highest BCUT2D eigenvalue weighted by atomic mass is 16.5. The number of rotatable bonds is 3. The average molecular weight is 234 g/mol. The second kappa shape index (κ2) is 4.40. The molecule has 0 fully saturated rings. The lowest BCUT2D eigenvalue weighted by Crippen LogP contribution is -2.17. The molecule has 0 saturated carbocycles. The highest BCUT2D eigenvalue weighted by Crippen LogP contribution is 2.44. The number of hydrogen-bond acceptors (Lipinski definition) is 2. The summed E-state index contributed by atoms with van der Waals surface area (Å²) in [6.45, 7) is 3.84. The molecule has 1 aliphatic rings. The van der Waals surface area contributed by atoms with Gasteiger partial charge in [-0.1, -0.05) is 13.0 Å². The van der Waals surface area contributed by atoms with Gasteiger partial charge in [0, 0.05) is 0 Å². The Kier molecular flexibility index (Phi) is 3.09. The Balaban J connectivity index is 2.47. The van der Waals surface area contributed by atoms with Gasteiger partial charge in [-0.2, -0.15) is 0 Å². The van der Waals surface area contributed by atoms with Crippen molar-refractivity contribution in [2.75, 3.05) is 7.11 Å². The molecule has 92 valence electrons. The smallest absolute Gasteiger partial charge is 0.306 e. The van der Waals surface area contributed by atoms with Crippen LogP contribution < -0.4 is 4.74 Å². The number of hydrogen-bond donors (Lipinski definition) is 1. The first-order valence-corrected chi connectivity index (χ1v) is 5.95. The minimum atomic E-state index is -0.718. The van der Waals surface area contributed by atoms with E-state index in [0.717, 1.165) is 18.6 Å². The molecular weight excluding hydrogens is 216 g/mol. The fraction of sp³-hybridized carbons (Fsp3) is 0.500. The van der Waals surface area contributed by atoms with E-state index in [-0.39, 0.29) is 11.8 Å². The maximum absolute atomic E-state index is 11.1. The van der Waals surface area contributed by atoms with Gasteiger partial charge in [-0.25, -0.2) is 0 Å². The molecular formula is C14H18O3.